The van der Waals surface area contributed by atoms with Crippen LogP contribution in [0.1, 0.15) is 27.7 Å². The largest absolute Gasteiger partial charge is 0.480 e. The number of hydrogen-bond donors (Lipinski definition) is 0. The molecule has 0 fully saturated rings. The van der Waals surface area contributed by atoms with Crippen LogP contribution in [0, 0.1) is 39.9 Å². The van der Waals surface area contributed by atoms with Crippen LogP contribution in [0.2, 0.25) is 0 Å². The number of rotatable bonds is 1. The van der Waals surface area contributed by atoms with E-state index >= 15 is 0 Å². The Labute approximate surface area is 101 Å². The van der Waals surface area contributed by atoms with E-state index in [2.05, 4.69) is 0 Å². The summed E-state index contributed by atoms with van der Waals surface area (Å²) in [5.74, 6) is 0.238. The summed E-state index contributed by atoms with van der Waals surface area (Å²) >= 11 is 0. The zero-order valence-electron chi connectivity index (χ0n) is 10.3. The smallest absolute Gasteiger partial charge is 0.172 e. The molecule has 4 nitrogen and oxygen atoms in total. The number of ether oxygens (including phenoxy) is 1. The standard InChI is InChI=1S/C13H13N3O/c1-8(2)11-10(7-16)12(9(5-14)6-15)17-13(11,3)4/h8H,1-4H3. The molecule has 0 atom stereocenters. The van der Waals surface area contributed by atoms with Crippen molar-refractivity contribution in [3.63, 3.8) is 0 Å². The van der Waals surface area contributed by atoms with Gasteiger partial charge in [0, 0.05) is 0 Å². The molecular weight excluding hydrogens is 214 g/mol. The van der Waals surface area contributed by atoms with E-state index in [1.54, 1.807) is 12.1 Å². The van der Waals surface area contributed by atoms with Gasteiger partial charge in [-0.3, -0.25) is 0 Å². The third kappa shape index (κ3) is 2.01. The fourth-order valence-corrected chi connectivity index (χ4v) is 2.18. The van der Waals surface area contributed by atoms with Gasteiger partial charge in [-0.1, -0.05) is 13.8 Å². The summed E-state index contributed by atoms with van der Waals surface area (Å²) in [7, 11) is 0. The molecule has 0 spiro atoms. The van der Waals surface area contributed by atoms with E-state index in [9.17, 15) is 5.26 Å². The van der Waals surface area contributed by atoms with Crippen molar-refractivity contribution in [2.24, 2.45) is 5.92 Å². The van der Waals surface area contributed by atoms with Gasteiger partial charge in [0.25, 0.3) is 0 Å². The summed E-state index contributed by atoms with van der Waals surface area (Å²) in [6, 6.07) is 5.57. The van der Waals surface area contributed by atoms with Crippen molar-refractivity contribution in [3.05, 3.63) is 22.5 Å². The van der Waals surface area contributed by atoms with Crippen LogP contribution in [0.5, 0.6) is 0 Å². The van der Waals surface area contributed by atoms with Gasteiger partial charge in [-0.2, -0.15) is 15.8 Å². The average Bonchev–Trinajstić information content (AvgIpc) is 2.51. The normalized spacial score (nSPS) is 17.2. The second kappa shape index (κ2) is 4.32. The Balaban J connectivity index is 3.58. The Morgan fingerprint density at radius 1 is 1.18 bits per heavy atom. The van der Waals surface area contributed by atoms with Crippen LogP contribution in [0.15, 0.2) is 22.5 Å². The summed E-state index contributed by atoms with van der Waals surface area (Å²) in [5, 5.41) is 26.9. The third-order valence-electron chi connectivity index (χ3n) is 2.64. The van der Waals surface area contributed by atoms with Crippen LogP contribution >= 0.6 is 0 Å². The van der Waals surface area contributed by atoms with Gasteiger partial charge in [0.05, 0.1) is 5.57 Å². The maximum Gasteiger partial charge on any atom is 0.172 e. The minimum atomic E-state index is -0.645. The lowest BCUT2D eigenvalue weighted by molar-refractivity contribution is 0.0862. The van der Waals surface area contributed by atoms with Gasteiger partial charge < -0.3 is 4.74 Å². The number of hydrogen-bond acceptors (Lipinski definition) is 4. The lowest BCUT2D eigenvalue weighted by Gasteiger charge is -2.24. The molecule has 86 valence electrons. The monoisotopic (exact) mass is 227 g/mol. The molecule has 0 aromatic carbocycles. The number of nitriles is 3. The fourth-order valence-electron chi connectivity index (χ4n) is 2.18. The van der Waals surface area contributed by atoms with Gasteiger partial charge in [-0.05, 0) is 25.3 Å². The van der Waals surface area contributed by atoms with Gasteiger partial charge in [-0.25, -0.2) is 0 Å². The molecule has 0 aromatic rings. The quantitative estimate of drug-likeness (QED) is 0.645. The molecule has 4 heteroatoms. The predicted molar refractivity (Wildman–Crippen MR) is 60.9 cm³/mol. The van der Waals surface area contributed by atoms with Gasteiger partial charge in [-0.15, -0.1) is 0 Å². The minimum Gasteiger partial charge on any atom is -0.480 e. The van der Waals surface area contributed by atoms with Crippen LogP contribution in [0.25, 0.3) is 0 Å². The molecule has 1 heterocycles. The molecule has 1 aliphatic rings. The van der Waals surface area contributed by atoms with Crippen molar-refractivity contribution in [2.75, 3.05) is 0 Å². The van der Waals surface area contributed by atoms with Crippen LogP contribution in [-0.4, -0.2) is 5.60 Å². The molecule has 0 aromatic heterocycles. The maximum atomic E-state index is 9.19. The Morgan fingerprint density at radius 2 is 1.71 bits per heavy atom. The molecule has 0 amide bonds. The summed E-state index contributed by atoms with van der Waals surface area (Å²) in [5.41, 5.74) is 0.361. The Bertz CT molecular complexity index is 514. The third-order valence-corrected chi connectivity index (χ3v) is 2.64. The molecule has 0 radical (unpaired) electrons. The van der Waals surface area contributed by atoms with Crippen LogP contribution in [0.3, 0.4) is 0 Å². The lowest BCUT2D eigenvalue weighted by atomic mass is 9.86. The molecule has 0 saturated carbocycles. The van der Waals surface area contributed by atoms with E-state index < -0.39 is 5.60 Å². The molecular formula is C13H13N3O. The van der Waals surface area contributed by atoms with Crippen molar-refractivity contribution >= 4 is 0 Å². The molecule has 1 aliphatic heterocycles. The minimum absolute atomic E-state index is 0.117. The molecule has 0 N–H and O–H groups in total. The first-order valence-electron chi connectivity index (χ1n) is 5.27. The van der Waals surface area contributed by atoms with E-state index in [4.69, 9.17) is 15.3 Å². The van der Waals surface area contributed by atoms with E-state index in [1.165, 1.54) is 0 Å². The summed E-state index contributed by atoms with van der Waals surface area (Å²) < 4.78 is 5.61. The summed E-state index contributed by atoms with van der Waals surface area (Å²) in [6.07, 6.45) is 0. The molecule has 0 bridgehead atoms. The maximum absolute atomic E-state index is 9.19. The molecule has 0 unspecified atom stereocenters. The first-order chi connectivity index (χ1) is 7.88. The first-order valence-corrected chi connectivity index (χ1v) is 5.27. The van der Waals surface area contributed by atoms with Crippen molar-refractivity contribution in [1.82, 2.24) is 0 Å². The zero-order chi connectivity index (χ0) is 13.2. The second-order valence-corrected chi connectivity index (χ2v) is 4.60. The highest BCUT2D eigenvalue weighted by atomic mass is 16.5. The highest BCUT2D eigenvalue weighted by Gasteiger charge is 2.40. The van der Waals surface area contributed by atoms with Gasteiger partial charge in [0.15, 0.2) is 11.3 Å². The Kier molecular flexibility index (Phi) is 3.26. The second-order valence-electron chi connectivity index (χ2n) is 4.60. The van der Waals surface area contributed by atoms with Crippen LogP contribution in [-0.2, 0) is 4.74 Å². The SMILES string of the molecule is CC(C)C1=C(C#N)C(=C(C#N)C#N)OC1(C)C. The van der Waals surface area contributed by atoms with Gasteiger partial charge in [0.2, 0.25) is 0 Å². The fraction of sp³-hybridized carbons (Fsp3) is 0.462. The molecule has 0 saturated heterocycles. The molecule has 17 heavy (non-hydrogen) atoms. The predicted octanol–water partition coefficient (Wildman–Crippen LogP) is 2.57. The molecule has 0 aliphatic carbocycles. The van der Waals surface area contributed by atoms with E-state index in [1.807, 2.05) is 33.8 Å². The first kappa shape index (κ1) is 12.8. The molecule has 1 rings (SSSR count). The van der Waals surface area contributed by atoms with E-state index in [0.29, 0.717) is 5.57 Å². The van der Waals surface area contributed by atoms with Crippen LogP contribution in [0.4, 0.5) is 0 Å². The summed E-state index contributed by atoms with van der Waals surface area (Å²) in [6.45, 7) is 7.58. The van der Waals surface area contributed by atoms with Crippen molar-refractivity contribution < 1.29 is 4.74 Å². The van der Waals surface area contributed by atoms with Gasteiger partial charge in [0.1, 0.15) is 23.8 Å². The highest BCUT2D eigenvalue weighted by Crippen LogP contribution is 2.42. The van der Waals surface area contributed by atoms with Crippen molar-refractivity contribution in [2.45, 2.75) is 33.3 Å². The summed E-state index contributed by atoms with van der Waals surface area (Å²) in [4.78, 5) is 0. The Hall–Kier alpha value is -2.25. The number of nitrogens with zero attached hydrogens (tertiary/aromatic N) is 3. The van der Waals surface area contributed by atoms with E-state index in [0.717, 1.165) is 5.57 Å². The van der Waals surface area contributed by atoms with Crippen LogP contribution < -0.4 is 0 Å². The lowest BCUT2D eigenvalue weighted by Crippen LogP contribution is -2.24. The Morgan fingerprint density at radius 3 is 2.06 bits per heavy atom. The van der Waals surface area contributed by atoms with Crippen molar-refractivity contribution in [1.29, 1.82) is 15.8 Å². The average molecular weight is 227 g/mol. The highest BCUT2D eigenvalue weighted by molar-refractivity contribution is 5.57. The number of allylic oxidation sites excluding steroid dienone is 2. The topological polar surface area (TPSA) is 80.6 Å². The van der Waals surface area contributed by atoms with Crippen molar-refractivity contribution in [3.8, 4) is 18.2 Å². The van der Waals surface area contributed by atoms with Gasteiger partial charge >= 0.3 is 0 Å². The van der Waals surface area contributed by atoms with E-state index in [-0.39, 0.29) is 17.3 Å². The zero-order valence-corrected chi connectivity index (χ0v) is 10.3.